The van der Waals surface area contributed by atoms with E-state index in [9.17, 15) is 9.90 Å². The van der Waals surface area contributed by atoms with Crippen LogP contribution in [-0.4, -0.2) is 43.5 Å². The molecule has 1 rings (SSSR count). The van der Waals surface area contributed by atoms with Gasteiger partial charge < -0.3 is 25.6 Å². The highest BCUT2D eigenvalue weighted by atomic mass is 16.5. The molecule has 0 fully saturated rings. The van der Waals surface area contributed by atoms with E-state index >= 15 is 0 Å². The van der Waals surface area contributed by atoms with Crippen LogP contribution in [0.4, 0.5) is 5.69 Å². The number of rotatable bonds is 8. The van der Waals surface area contributed by atoms with Crippen molar-refractivity contribution in [1.82, 2.24) is 5.32 Å². The number of nitrogen functional groups attached to an aromatic ring is 1. The molecule has 0 aliphatic rings. The van der Waals surface area contributed by atoms with Gasteiger partial charge in [0.15, 0.2) is 6.61 Å². The zero-order valence-corrected chi connectivity index (χ0v) is 11.9. The molecule has 0 aromatic heterocycles. The Morgan fingerprint density at radius 2 is 2.05 bits per heavy atom. The summed E-state index contributed by atoms with van der Waals surface area (Å²) in [6.07, 6.45) is 0.447. The molecule has 0 spiro atoms. The predicted octanol–water partition coefficient (Wildman–Crippen LogP) is 0.551. The van der Waals surface area contributed by atoms with Gasteiger partial charge >= 0.3 is 0 Å². The molecule has 0 aliphatic carbocycles. The Labute approximate surface area is 118 Å². The van der Waals surface area contributed by atoms with Crippen LogP contribution in [0.3, 0.4) is 0 Å². The van der Waals surface area contributed by atoms with Gasteiger partial charge in [0.2, 0.25) is 0 Å². The van der Waals surface area contributed by atoms with E-state index in [1.165, 1.54) is 0 Å². The summed E-state index contributed by atoms with van der Waals surface area (Å²) in [6, 6.07) is 6.78. The number of anilines is 1. The van der Waals surface area contributed by atoms with E-state index in [0.717, 1.165) is 0 Å². The van der Waals surface area contributed by atoms with Gasteiger partial charge in [0.25, 0.3) is 5.91 Å². The van der Waals surface area contributed by atoms with Crippen molar-refractivity contribution in [1.29, 1.82) is 0 Å². The Morgan fingerprint density at radius 3 is 2.65 bits per heavy atom. The van der Waals surface area contributed by atoms with Crippen LogP contribution in [-0.2, 0) is 9.53 Å². The molecule has 112 valence electrons. The molecule has 0 saturated carbocycles. The Bertz CT molecular complexity index is 418. The van der Waals surface area contributed by atoms with Crippen LogP contribution in [0.15, 0.2) is 24.3 Å². The van der Waals surface area contributed by atoms with Gasteiger partial charge in [0, 0.05) is 32.4 Å². The molecule has 1 atom stereocenters. The third kappa shape index (κ3) is 6.40. The van der Waals surface area contributed by atoms with E-state index in [4.69, 9.17) is 15.2 Å². The van der Waals surface area contributed by atoms with E-state index < -0.39 is 5.60 Å². The van der Waals surface area contributed by atoms with Gasteiger partial charge in [0.1, 0.15) is 5.75 Å². The number of amides is 1. The molecule has 1 aromatic carbocycles. The van der Waals surface area contributed by atoms with E-state index in [0.29, 0.717) is 24.5 Å². The fourth-order valence-electron chi connectivity index (χ4n) is 1.46. The lowest BCUT2D eigenvalue weighted by Crippen LogP contribution is -2.42. The van der Waals surface area contributed by atoms with Crippen molar-refractivity contribution in [2.24, 2.45) is 0 Å². The molecular weight excluding hydrogens is 260 g/mol. The van der Waals surface area contributed by atoms with Gasteiger partial charge in [0.05, 0.1) is 5.60 Å². The maximum Gasteiger partial charge on any atom is 0.258 e. The average Bonchev–Trinajstić information content (AvgIpc) is 2.42. The highest BCUT2D eigenvalue weighted by Gasteiger charge is 2.20. The van der Waals surface area contributed by atoms with Crippen LogP contribution >= 0.6 is 0 Å². The summed E-state index contributed by atoms with van der Waals surface area (Å²) in [4.78, 5) is 11.6. The monoisotopic (exact) mass is 282 g/mol. The molecule has 0 radical (unpaired) electrons. The topological polar surface area (TPSA) is 93.8 Å². The van der Waals surface area contributed by atoms with Crippen molar-refractivity contribution in [3.05, 3.63) is 24.3 Å². The van der Waals surface area contributed by atoms with Gasteiger partial charge in [-0.25, -0.2) is 0 Å². The minimum atomic E-state index is -0.993. The predicted molar refractivity (Wildman–Crippen MR) is 76.5 cm³/mol. The summed E-state index contributed by atoms with van der Waals surface area (Å²) in [5.41, 5.74) is 5.19. The summed E-state index contributed by atoms with van der Waals surface area (Å²) < 4.78 is 10.2. The molecule has 0 saturated heterocycles. The van der Waals surface area contributed by atoms with E-state index in [1.807, 2.05) is 0 Å². The van der Waals surface area contributed by atoms with Crippen molar-refractivity contribution in [2.45, 2.75) is 18.9 Å². The minimum absolute atomic E-state index is 0.107. The standard InChI is InChI=1S/C14H22N2O4/c1-14(18,7-8-19-2)10-16-13(17)9-20-12-5-3-11(15)4-6-12/h3-6,18H,7-10,15H2,1-2H3,(H,16,17). The highest BCUT2D eigenvalue weighted by Crippen LogP contribution is 2.12. The number of methoxy groups -OCH3 is 1. The molecule has 0 bridgehead atoms. The first kappa shape index (κ1) is 16.3. The second kappa shape index (κ2) is 7.72. The zero-order valence-electron chi connectivity index (χ0n) is 11.9. The van der Waals surface area contributed by atoms with Gasteiger partial charge in [-0.15, -0.1) is 0 Å². The number of carbonyl (C=O) groups is 1. The zero-order chi connectivity index (χ0) is 15.0. The first-order valence-electron chi connectivity index (χ1n) is 6.39. The van der Waals surface area contributed by atoms with Gasteiger partial charge in [-0.3, -0.25) is 4.79 Å². The number of ether oxygens (including phenoxy) is 2. The molecule has 4 N–H and O–H groups in total. The quantitative estimate of drug-likeness (QED) is 0.605. The van der Waals surface area contributed by atoms with Crippen molar-refractivity contribution in [2.75, 3.05) is 32.6 Å². The second-order valence-corrected chi connectivity index (χ2v) is 4.87. The second-order valence-electron chi connectivity index (χ2n) is 4.87. The fourth-order valence-corrected chi connectivity index (χ4v) is 1.46. The molecular formula is C14H22N2O4. The molecule has 1 unspecified atom stereocenters. The number of benzene rings is 1. The van der Waals surface area contributed by atoms with Crippen molar-refractivity contribution >= 4 is 11.6 Å². The van der Waals surface area contributed by atoms with Crippen molar-refractivity contribution in [3.63, 3.8) is 0 Å². The van der Waals surface area contributed by atoms with Crippen LogP contribution < -0.4 is 15.8 Å². The Balaban J connectivity index is 2.28. The summed E-state index contributed by atoms with van der Waals surface area (Å²) in [6.45, 7) is 2.13. The molecule has 0 aliphatic heterocycles. The van der Waals surface area contributed by atoms with Gasteiger partial charge in [-0.2, -0.15) is 0 Å². The average molecular weight is 282 g/mol. The molecule has 6 nitrogen and oxygen atoms in total. The lowest BCUT2D eigenvalue weighted by molar-refractivity contribution is -0.124. The van der Waals surface area contributed by atoms with E-state index in [2.05, 4.69) is 5.32 Å². The maximum absolute atomic E-state index is 11.6. The summed E-state index contributed by atoms with van der Waals surface area (Å²) in [5.74, 6) is 0.278. The third-order valence-electron chi connectivity index (χ3n) is 2.76. The first-order chi connectivity index (χ1) is 9.43. The van der Waals surface area contributed by atoms with Crippen LogP contribution in [0, 0.1) is 0 Å². The van der Waals surface area contributed by atoms with Crippen LogP contribution in [0.1, 0.15) is 13.3 Å². The molecule has 1 aromatic rings. The van der Waals surface area contributed by atoms with Crippen LogP contribution in [0.5, 0.6) is 5.75 Å². The van der Waals surface area contributed by atoms with Gasteiger partial charge in [-0.05, 0) is 31.2 Å². The SMILES string of the molecule is COCCC(C)(O)CNC(=O)COc1ccc(N)cc1. The summed E-state index contributed by atoms with van der Waals surface area (Å²) in [7, 11) is 1.56. The number of carbonyl (C=O) groups excluding carboxylic acids is 1. The number of hydrogen-bond donors (Lipinski definition) is 3. The fraction of sp³-hybridized carbons (Fsp3) is 0.500. The first-order valence-corrected chi connectivity index (χ1v) is 6.39. The number of nitrogens with two attached hydrogens (primary N) is 1. The normalized spacial score (nSPS) is 13.6. The highest BCUT2D eigenvalue weighted by molar-refractivity contribution is 5.77. The Hall–Kier alpha value is -1.79. The molecule has 1 amide bonds. The molecule has 20 heavy (non-hydrogen) atoms. The number of hydrogen-bond acceptors (Lipinski definition) is 5. The van der Waals surface area contributed by atoms with E-state index in [-0.39, 0.29) is 19.1 Å². The summed E-state index contributed by atoms with van der Waals surface area (Å²) >= 11 is 0. The maximum atomic E-state index is 11.6. The lowest BCUT2D eigenvalue weighted by Gasteiger charge is -2.23. The lowest BCUT2D eigenvalue weighted by atomic mass is 10.0. The van der Waals surface area contributed by atoms with E-state index in [1.54, 1.807) is 38.3 Å². The molecule has 0 heterocycles. The van der Waals surface area contributed by atoms with Crippen LogP contribution in [0.2, 0.25) is 0 Å². The van der Waals surface area contributed by atoms with Crippen molar-refractivity contribution < 1.29 is 19.4 Å². The largest absolute Gasteiger partial charge is 0.484 e. The van der Waals surface area contributed by atoms with Gasteiger partial charge in [-0.1, -0.05) is 0 Å². The number of nitrogens with one attached hydrogen (secondary N) is 1. The number of aliphatic hydroxyl groups is 1. The van der Waals surface area contributed by atoms with Crippen molar-refractivity contribution in [3.8, 4) is 5.75 Å². The smallest absolute Gasteiger partial charge is 0.258 e. The summed E-state index contributed by atoms with van der Waals surface area (Å²) in [5, 5.41) is 12.6. The third-order valence-corrected chi connectivity index (χ3v) is 2.76. The minimum Gasteiger partial charge on any atom is -0.484 e. The van der Waals surface area contributed by atoms with Crippen LogP contribution in [0.25, 0.3) is 0 Å². The molecule has 6 heteroatoms. The Kier molecular flexibility index (Phi) is 6.27. The Morgan fingerprint density at radius 1 is 1.40 bits per heavy atom.